The lowest BCUT2D eigenvalue weighted by Gasteiger charge is -2.10. The first-order valence-corrected chi connectivity index (χ1v) is 7.97. The van der Waals surface area contributed by atoms with Gasteiger partial charge in [-0.1, -0.05) is 28.1 Å². The molecule has 0 bridgehead atoms. The highest BCUT2D eigenvalue weighted by molar-refractivity contribution is 9.08. The van der Waals surface area contributed by atoms with Crippen molar-refractivity contribution in [3.63, 3.8) is 0 Å². The number of sulfonamides is 1. The van der Waals surface area contributed by atoms with Crippen molar-refractivity contribution >= 4 is 31.9 Å². The molecule has 0 amide bonds. The van der Waals surface area contributed by atoms with E-state index in [-0.39, 0.29) is 11.5 Å². The zero-order valence-corrected chi connectivity index (χ0v) is 11.8. The summed E-state index contributed by atoms with van der Waals surface area (Å²) >= 11 is 3.29. The van der Waals surface area contributed by atoms with Crippen LogP contribution in [0.2, 0.25) is 0 Å². The van der Waals surface area contributed by atoms with Gasteiger partial charge in [-0.25, -0.2) is 8.42 Å². The van der Waals surface area contributed by atoms with Gasteiger partial charge in [0.25, 0.3) is 0 Å². The van der Waals surface area contributed by atoms with Crippen LogP contribution in [0.1, 0.15) is 12.0 Å². The van der Waals surface area contributed by atoms with Crippen molar-refractivity contribution in [2.24, 2.45) is 0 Å². The number of hydrogen-bond donors (Lipinski definition) is 1. The number of nitrogens with one attached hydrogen (secondary N) is 1. The summed E-state index contributed by atoms with van der Waals surface area (Å²) < 4.78 is 31.1. The lowest BCUT2D eigenvalue weighted by Crippen LogP contribution is -2.37. The molecule has 5 nitrogen and oxygen atoms in total. The molecule has 0 spiro atoms. The molecule has 1 atom stereocenters. The molecule has 1 unspecified atom stereocenters. The molecule has 7 heteroatoms. The van der Waals surface area contributed by atoms with Crippen LogP contribution in [0.5, 0.6) is 0 Å². The van der Waals surface area contributed by atoms with E-state index in [1.807, 2.05) is 0 Å². The smallest absolute Gasteiger partial charge is 0.324 e. The van der Waals surface area contributed by atoms with Gasteiger partial charge in [0.05, 0.1) is 11.5 Å². The summed E-state index contributed by atoms with van der Waals surface area (Å²) in [6.45, 7) is 0.258. The van der Waals surface area contributed by atoms with Gasteiger partial charge in [-0.05, 0) is 17.7 Å². The molecule has 1 N–H and O–H groups in total. The van der Waals surface area contributed by atoms with E-state index in [4.69, 9.17) is 4.74 Å². The first-order chi connectivity index (χ1) is 8.53. The fourth-order valence-electron chi connectivity index (χ4n) is 1.62. The maximum atomic E-state index is 12.0. The number of alkyl halides is 1. The summed E-state index contributed by atoms with van der Waals surface area (Å²) in [5, 5.41) is 0.662. The molecule has 98 valence electrons. The Kier molecular flexibility index (Phi) is 4.04. The first kappa shape index (κ1) is 13.5. The van der Waals surface area contributed by atoms with Crippen molar-refractivity contribution in [2.75, 3.05) is 6.61 Å². The molecular formula is C11H12BrNO4S. The van der Waals surface area contributed by atoms with E-state index in [0.29, 0.717) is 11.8 Å². The third-order valence-electron chi connectivity index (χ3n) is 2.62. The predicted octanol–water partition coefficient (Wildman–Crippen LogP) is 1.18. The van der Waals surface area contributed by atoms with Gasteiger partial charge in [-0.3, -0.25) is 4.79 Å². The molecular weight excluding hydrogens is 322 g/mol. The van der Waals surface area contributed by atoms with Crippen molar-refractivity contribution in [1.29, 1.82) is 0 Å². The highest BCUT2D eigenvalue weighted by Crippen LogP contribution is 2.15. The third kappa shape index (κ3) is 2.90. The van der Waals surface area contributed by atoms with Gasteiger partial charge in [0.15, 0.2) is 0 Å². The van der Waals surface area contributed by atoms with Crippen LogP contribution in [0.15, 0.2) is 29.2 Å². The highest BCUT2D eigenvalue weighted by atomic mass is 79.9. The zero-order valence-electron chi connectivity index (χ0n) is 9.43. The van der Waals surface area contributed by atoms with Crippen LogP contribution < -0.4 is 4.72 Å². The Morgan fingerprint density at radius 1 is 1.33 bits per heavy atom. The average molecular weight is 334 g/mol. The molecule has 1 saturated heterocycles. The predicted molar refractivity (Wildman–Crippen MR) is 68.8 cm³/mol. The minimum atomic E-state index is -3.67. The zero-order chi connectivity index (χ0) is 13.2. The molecule has 2 rings (SSSR count). The quantitative estimate of drug-likeness (QED) is 0.663. The normalized spacial score (nSPS) is 19.8. The maximum absolute atomic E-state index is 12.0. The summed E-state index contributed by atoms with van der Waals surface area (Å²) in [6, 6.07) is 5.69. The summed E-state index contributed by atoms with van der Waals surface area (Å²) in [4.78, 5) is 11.4. The molecule has 1 aromatic carbocycles. The molecule has 1 aliphatic heterocycles. The Balaban J connectivity index is 2.16. The number of esters is 1. The molecule has 0 saturated carbocycles. The molecule has 1 aromatic rings. The van der Waals surface area contributed by atoms with E-state index in [1.54, 1.807) is 12.1 Å². The summed E-state index contributed by atoms with van der Waals surface area (Å²) in [6.07, 6.45) is 0.373. The van der Waals surface area contributed by atoms with Gasteiger partial charge in [0, 0.05) is 11.8 Å². The van der Waals surface area contributed by atoms with Gasteiger partial charge in [0.1, 0.15) is 6.04 Å². The monoisotopic (exact) mass is 333 g/mol. The number of halogens is 1. The topological polar surface area (TPSA) is 72.5 Å². The SMILES string of the molecule is O=C1OCCC1NS(=O)(=O)c1ccc(CBr)cc1. The number of rotatable bonds is 4. The fourth-order valence-corrected chi connectivity index (χ4v) is 3.21. The van der Waals surface area contributed by atoms with E-state index in [1.165, 1.54) is 12.1 Å². The van der Waals surface area contributed by atoms with Crippen molar-refractivity contribution in [1.82, 2.24) is 4.72 Å². The molecule has 1 aliphatic rings. The van der Waals surface area contributed by atoms with E-state index in [0.717, 1.165) is 5.56 Å². The maximum Gasteiger partial charge on any atom is 0.324 e. The van der Waals surface area contributed by atoms with Crippen LogP contribution in [0.25, 0.3) is 0 Å². The van der Waals surface area contributed by atoms with E-state index in [9.17, 15) is 13.2 Å². The third-order valence-corrected chi connectivity index (χ3v) is 4.76. The van der Waals surface area contributed by atoms with Gasteiger partial charge >= 0.3 is 5.97 Å². The fraction of sp³-hybridized carbons (Fsp3) is 0.364. The van der Waals surface area contributed by atoms with Crippen LogP contribution in [-0.4, -0.2) is 27.0 Å². The second-order valence-corrected chi connectivity index (χ2v) is 6.18. The Bertz CT molecular complexity index is 541. The van der Waals surface area contributed by atoms with Crippen LogP contribution in [0, 0.1) is 0 Å². The van der Waals surface area contributed by atoms with Gasteiger partial charge in [-0.2, -0.15) is 4.72 Å². The second kappa shape index (κ2) is 5.38. The number of hydrogen-bond acceptors (Lipinski definition) is 4. The lowest BCUT2D eigenvalue weighted by atomic mass is 10.2. The lowest BCUT2D eigenvalue weighted by molar-refractivity contribution is -0.139. The number of ether oxygens (including phenoxy) is 1. The van der Waals surface area contributed by atoms with Crippen molar-refractivity contribution in [3.05, 3.63) is 29.8 Å². The van der Waals surface area contributed by atoms with Gasteiger partial charge in [0.2, 0.25) is 10.0 Å². The van der Waals surface area contributed by atoms with Gasteiger partial charge in [-0.15, -0.1) is 0 Å². The van der Waals surface area contributed by atoms with Crippen molar-refractivity contribution in [2.45, 2.75) is 22.7 Å². The first-order valence-electron chi connectivity index (χ1n) is 5.37. The minimum Gasteiger partial charge on any atom is -0.464 e. The van der Waals surface area contributed by atoms with Crippen LogP contribution >= 0.6 is 15.9 Å². The van der Waals surface area contributed by atoms with Crippen molar-refractivity contribution < 1.29 is 17.9 Å². The molecule has 0 radical (unpaired) electrons. The van der Waals surface area contributed by atoms with Gasteiger partial charge < -0.3 is 4.74 Å². The summed E-state index contributed by atoms with van der Waals surface area (Å²) in [5.41, 5.74) is 0.981. The minimum absolute atomic E-state index is 0.145. The second-order valence-electron chi connectivity index (χ2n) is 3.91. The van der Waals surface area contributed by atoms with Crippen LogP contribution in [0.4, 0.5) is 0 Å². The molecule has 0 aliphatic carbocycles. The van der Waals surface area contributed by atoms with Crippen LogP contribution in [0.3, 0.4) is 0 Å². The number of cyclic esters (lactones) is 1. The van der Waals surface area contributed by atoms with Crippen molar-refractivity contribution in [3.8, 4) is 0 Å². The molecule has 1 fully saturated rings. The molecule has 18 heavy (non-hydrogen) atoms. The Hall–Kier alpha value is -0.920. The Morgan fingerprint density at radius 2 is 2.00 bits per heavy atom. The highest BCUT2D eigenvalue weighted by Gasteiger charge is 2.31. The van der Waals surface area contributed by atoms with E-state index < -0.39 is 22.0 Å². The Morgan fingerprint density at radius 3 is 2.50 bits per heavy atom. The number of benzene rings is 1. The number of carbonyl (C=O) groups is 1. The standard InChI is InChI=1S/C11H12BrNO4S/c12-7-8-1-3-9(4-2-8)18(15,16)13-10-5-6-17-11(10)14/h1-4,10,13H,5-7H2. The summed E-state index contributed by atoms with van der Waals surface area (Å²) in [5.74, 6) is -0.518. The van der Waals surface area contributed by atoms with E-state index in [2.05, 4.69) is 20.7 Å². The largest absolute Gasteiger partial charge is 0.464 e. The molecule has 0 aromatic heterocycles. The number of carbonyl (C=O) groups excluding carboxylic acids is 1. The van der Waals surface area contributed by atoms with E-state index >= 15 is 0 Å². The molecule has 1 heterocycles. The summed E-state index contributed by atoms with van der Waals surface area (Å²) in [7, 11) is -3.67. The average Bonchev–Trinajstić information content (AvgIpc) is 2.74. The van der Waals surface area contributed by atoms with Crippen LogP contribution in [-0.2, 0) is 24.9 Å². The Labute approximate surface area is 114 Å².